The van der Waals surface area contributed by atoms with Crippen molar-refractivity contribution in [3.8, 4) is 0 Å². The van der Waals surface area contributed by atoms with Gasteiger partial charge in [-0.05, 0) is 38.5 Å². The van der Waals surface area contributed by atoms with Crippen molar-refractivity contribution in [1.29, 1.82) is 0 Å². The highest BCUT2D eigenvalue weighted by Gasteiger charge is 2.37. The van der Waals surface area contributed by atoms with E-state index in [9.17, 15) is 0 Å². The van der Waals surface area contributed by atoms with Crippen molar-refractivity contribution in [3.05, 3.63) is 23.8 Å². The molecule has 114 valence electrons. The molecule has 1 N–H and O–H groups in total. The Bertz CT molecular complexity index is 615. The molecule has 2 aromatic rings. The first kappa shape index (κ1) is 14.4. The summed E-state index contributed by atoms with van der Waals surface area (Å²) < 4.78 is 17.3. The van der Waals surface area contributed by atoms with Crippen molar-refractivity contribution < 1.29 is 13.9 Å². The van der Waals surface area contributed by atoms with E-state index in [4.69, 9.17) is 13.9 Å². The number of anilines is 1. The lowest BCUT2D eigenvalue weighted by molar-refractivity contribution is -0.0731. The molecule has 5 nitrogen and oxygen atoms in total. The van der Waals surface area contributed by atoms with Gasteiger partial charge in [-0.3, -0.25) is 0 Å². The van der Waals surface area contributed by atoms with E-state index in [1.807, 2.05) is 39.0 Å². The number of nitrogens with zero attached hydrogens (tertiary/aromatic N) is 1. The van der Waals surface area contributed by atoms with Crippen LogP contribution in [-0.4, -0.2) is 36.4 Å². The third-order valence-electron chi connectivity index (χ3n) is 3.66. The molecule has 1 atom stereocenters. The second-order valence-electron chi connectivity index (χ2n) is 6.00. The Morgan fingerprint density at radius 3 is 3.00 bits per heavy atom. The molecular weight excluding hydrogens is 268 g/mol. The fraction of sp³-hybridized carbons (Fsp3) is 0.562. The third-order valence-corrected chi connectivity index (χ3v) is 3.66. The number of rotatable bonds is 5. The lowest BCUT2D eigenvalue weighted by atomic mass is 10.0. The average molecular weight is 290 g/mol. The van der Waals surface area contributed by atoms with Gasteiger partial charge < -0.3 is 19.2 Å². The molecule has 0 bridgehead atoms. The van der Waals surface area contributed by atoms with E-state index in [-0.39, 0.29) is 11.7 Å². The molecule has 0 amide bonds. The topological polar surface area (TPSA) is 56.5 Å². The van der Waals surface area contributed by atoms with E-state index in [0.29, 0.717) is 19.2 Å². The number of hydrogen-bond acceptors (Lipinski definition) is 5. The zero-order chi connectivity index (χ0) is 14.9. The highest BCUT2D eigenvalue weighted by molar-refractivity contribution is 5.75. The van der Waals surface area contributed by atoms with E-state index in [1.165, 1.54) is 5.56 Å². The Kier molecular flexibility index (Phi) is 3.87. The number of benzene rings is 1. The minimum Gasteiger partial charge on any atom is -0.424 e. The Morgan fingerprint density at radius 1 is 1.43 bits per heavy atom. The second kappa shape index (κ2) is 5.66. The molecule has 0 saturated carbocycles. The Balaban J connectivity index is 1.72. The first-order chi connectivity index (χ1) is 10.1. The maximum absolute atomic E-state index is 6.06. The molecule has 21 heavy (non-hydrogen) atoms. The quantitative estimate of drug-likeness (QED) is 0.916. The molecule has 1 aliphatic rings. The monoisotopic (exact) mass is 290 g/mol. The van der Waals surface area contributed by atoms with Crippen LogP contribution in [0, 0.1) is 6.92 Å². The first-order valence-corrected chi connectivity index (χ1v) is 7.43. The molecule has 0 aliphatic carbocycles. The number of ether oxygens (including phenoxy) is 2. The van der Waals surface area contributed by atoms with E-state index in [1.54, 1.807) is 0 Å². The van der Waals surface area contributed by atoms with Gasteiger partial charge in [0.1, 0.15) is 11.1 Å². The van der Waals surface area contributed by atoms with E-state index in [0.717, 1.165) is 24.1 Å². The molecule has 0 spiro atoms. The van der Waals surface area contributed by atoms with Gasteiger partial charge >= 0.3 is 0 Å². The maximum atomic E-state index is 6.06. The summed E-state index contributed by atoms with van der Waals surface area (Å²) in [6.45, 7) is 8.11. The van der Waals surface area contributed by atoms with Gasteiger partial charge in [0.25, 0.3) is 6.01 Å². The largest absolute Gasteiger partial charge is 0.424 e. The van der Waals surface area contributed by atoms with Crippen LogP contribution in [0.2, 0.25) is 0 Å². The van der Waals surface area contributed by atoms with Gasteiger partial charge in [0.15, 0.2) is 5.58 Å². The van der Waals surface area contributed by atoms with Crippen LogP contribution in [-0.2, 0) is 9.47 Å². The normalized spacial score (nSPS) is 22.3. The van der Waals surface area contributed by atoms with Gasteiger partial charge in [-0.1, -0.05) is 6.07 Å². The summed E-state index contributed by atoms with van der Waals surface area (Å²) in [6, 6.07) is 6.52. The number of oxazole rings is 1. The lowest BCUT2D eigenvalue weighted by Crippen LogP contribution is -2.42. The summed E-state index contributed by atoms with van der Waals surface area (Å²) >= 11 is 0. The van der Waals surface area contributed by atoms with Gasteiger partial charge in [-0.2, -0.15) is 4.98 Å². The summed E-state index contributed by atoms with van der Waals surface area (Å²) in [4.78, 5) is 4.47. The number of fused-ring (bicyclic) bond motifs is 1. The van der Waals surface area contributed by atoms with Crippen LogP contribution in [0.5, 0.6) is 0 Å². The fourth-order valence-corrected chi connectivity index (χ4v) is 2.71. The van der Waals surface area contributed by atoms with Crippen molar-refractivity contribution in [1.82, 2.24) is 4.98 Å². The highest BCUT2D eigenvalue weighted by Crippen LogP contribution is 2.26. The first-order valence-electron chi connectivity index (χ1n) is 7.43. The summed E-state index contributed by atoms with van der Waals surface area (Å²) in [5, 5.41) is 3.26. The third kappa shape index (κ3) is 3.19. The van der Waals surface area contributed by atoms with Crippen LogP contribution in [0.4, 0.5) is 6.01 Å². The molecule has 3 rings (SSSR count). The van der Waals surface area contributed by atoms with Crippen LogP contribution < -0.4 is 5.32 Å². The number of aryl methyl sites for hydroxylation is 1. The van der Waals surface area contributed by atoms with Crippen molar-refractivity contribution in [2.75, 3.05) is 25.1 Å². The zero-order valence-corrected chi connectivity index (χ0v) is 12.8. The maximum Gasteiger partial charge on any atom is 0.295 e. The summed E-state index contributed by atoms with van der Waals surface area (Å²) in [6.07, 6.45) is 1.05. The predicted molar refractivity (Wildman–Crippen MR) is 81.6 cm³/mol. The molecule has 1 unspecified atom stereocenters. The van der Waals surface area contributed by atoms with Crippen LogP contribution >= 0.6 is 0 Å². The lowest BCUT2D eigenvalue weighted by Gasteiger charge is -2.29. The SMILES string of the molecule is Cc1ccc2oc(NCC3(OC(C)C)CCOC3)nc2c1. The molecule has 1 aromatic carbocycles. The summed E-state index contributed by atoms with van der Waals surface area (Å²) in [5.74, 6) is 0. The Hall–Kier alpha value is -1.59. The smallest absolute Gasteiger partial charge is 0.295 e. The Labute approximate surface area is 124 Å². The van der Waals surface area contributed by atoms with Gasteiger partial charge in [-0.25, -0.2) is 0 Å². The van der Waals surface area contributed by atoms with Crippen molar-refractivity contribution in [2.45, 2.75) is 38.9 Å². The zero-order valence-electron chi connectivity index (χ0n) is 12.8. The summed E-state index contributed by atoms with van der Waals surface area (Å²) in [5.41, 5.74) is 2.56. The van der Waals surface area contributed by atoms with Crippen LogP contribution in [0.15, 0.2) is 22.6 Å². The number of hydrogen-bond donors (Lipinski definition) is 1. The minimum atomic E-state index is -0.287. The Morgan fingerprint density at radius 2 is 2.29 bits per heavy atom. The predicted octanol–water partition coefficient (Wildman–Crippen LogP) is 3.13. The molecule has 1 fully saturated rings. The minimum absolute atomic E-state index is 0.166. The fourth-order valence-electron chi connectivity index (χ4n) is 2.71. The molecule has 0 radical (unpaired) electrons. The highest BCUT2D eigenvalue weighted by atomic mass is 16.6. The van der Waals surface area contributed by atoms with Crippen LogP contribution in [0.25, 0.3) is 11.1 Å². The van der Waals surface area contributed by atoms with E-state index >= 15 is 0 Å². The van der Waals surface area contributed by atoms with Crippen molar-refractivity contribution in [3.63, 3.8) is 0 Å². The van der Waals surface area contributed by atoms with Crippen LogP contribution in [0.3, 0.4) is 0 Å². The van der Waals surface area contributed by atoms with E-state index in [2.05, 4.69) is 10.3 Å². The van der Waals surface area contributed by atoms with Crippen molar-refractivity contribution in [2.24, 2.45) is 0 Å². The molecule has 5 heteroatoms. The van der Waals surface area contributed by atoms with Gasteiger partial charge in [-0.15, -0.1) is 0 Å². The summed E-state index contributed by atoms with van der Waals surface area (Å²) in [7, 11) is 0. The van der Waals surface area contributed by atoms with Gasteiger partial charge in [0.05, 0.1) is 19.3 Å². The molecule has 1 saturated heterocycles. The van der Waals surface area contributed by atoms with Gasteiger partial charge in [0.2, 0.25) is 0 Å². The molecular formula is C16H22N2O3. The van der Waals surface area contributed by atoms with Gasteiger partial charge in [0, 0.05) is 13.0 Å². The van der Waals surface area contributed by atoms with Crippen molar-refractivity contribution >= 4 is 17.1 Å². The second-order valence-corrected chi connectivity index (χ2v) is 6.00. The van der Waals surface area contributed by atoms with Crippen LogP contribution in [0.1, 0.15) is 25.8 Å². The molecule has 1 aromatic heterocycles. The molecule has 2 heterocycles. The number of nitrogens with one attached hydrogen (secondary N) is 1. The van der Waals surface area contributed by atoms with E-state index < -0.39 is 0 Å². The standard InChI is InChI=1S/C16H22N2O3/c1-11(2)21-16(6-7-19-10-16)9-17-15-18-13-8-12(3)4-5-14(13)20-15/h4-5,8,11H,6-7,9-10H2,1-3H3,(H,17,18). The number of aromatic nitrogens is 1. The molecule has 1 aliphatic heterocycles. The average Bonchev–Trinajstić information content (AvgIpc) is 3.02.